The van der Waals surface area contributed by atoms with Crippen LogP contribution in [0.15, 0.2) is 24.3 Å². The zero-order valence-electron chi connectivity index (χ0n) is 11.8. The zero-order valence-corrected chi connectivity index (χ0v) is 11.8. The van der Waals surface area contributed by atoms with E-state index in [1.807, 2.05) is 24.3 Å². The van der Waals surface area contributed by atoms with Crippen molar-refractivity contribution in [1.82, 2.24) is 0 Å². The standard InChI is InChI=1S/C16H22O4/c1-2-8-15(20-16-9-3-4-10-18-16)14(7-1)19-12-13-6-5-11-17-13/h1-2,7-8,13,16H,3-6,9-12H2. The largest absolute Gasteiger partial charge is 0.487 e. The van der Waals surface area contributed by atoms with Gasteiger partial charge >= 0.3 is 0 Å². The lowest BCUT2D eigenvalue weighted by molar-refractivity contribution is -0.106. The minimum absolute atomic E-state index is 0.142. The molecule has 2 unspecified atom stereocenters. The molecule has 0 aromatic heterocycles. The van der Waals surface area contributed by atoms with Gasteiger partial charge in [-0.2, -0.15) is 0 Å². The number of rotatable bonds is 5. The molecule has 2 heterocycles. The highest BCUT2D eigenvalue weighted by Gasteiger charge is 2.19. The van der Waals surface area contributed by atoms with Gasteiger partial charge in [0.2, 0.25) is 0 Å². The van der Waals surface area contributed by atoms with Crippen LogP contribution in [-0.4, -0.2) is 32.2 Å². The smallest absolute Gasteiger partial charge is 0.200 e. The molecule has 0 spiro atoms. The van der Waals surface area contributed by atoms with Crippen LogP contribution in [0.25, 0.3) is 0 Å². The molecule has 2 aliphatic rings. The quantitative estimate of drug-likeness (QED) is 0.829. The number of benzene rings is 1. The van der Waals surface area contributed by atoms with Crippen molar-refractivity contribution >= 4 is 0 Å². The molecule has 0 N–H and O–H groups in total. The van der Waals surface area contributed by atoms with E-state index in [1.165, 1.54) is 0 Å². The number of hydrogen-bond donors (Lipinski definition) is 0. The first-order valence-corrected chi connectivity index (χ1v) is 7.53. The van der Waals surface area contributed by atoms with Crippen LogP contribution in [0.1, 0.15) is 32.1 Å². The average Bonchev–Trinajstić information content (AvgIpc) is 3.01. The Morgan fingerprint density at radius 1 is 0.950 bits per heavy atom. The summed E-state index contributed by atoms with van der Waals surface area (Å²) in [4.78, 5) is 0. The Kier molecular flexibility index (Phi) is 4.77. The lowest BCUT2D eigenvalue weighted by Gasteiger charge is -2.24. The van der Waals surface area contributed by atoms with Gasteiger partial charge in [-0.05, 0) is 37.8 Å². The maximum atomic E-state index is 5.91. The lowest BCUT2D eigenvalue weighted by atomic mass is 10.2. The van der Waals surface area contributed by atoms with Crippen molar-refractivity contribution < 1.29 is 18.9 Å². The fourth-order valence-corrected chi connectivity index (χ4v) is 2.57. The first-order chi connectivity index (χ1) is 9.92. The predicted molar refractivity (Wildman–Crippen MR) is 75.1 cm³/mol. The van der Waals surface area contributed by atoms with Gasteiger partial charge in [-0.3, -0.25) is 0 Å². The number of para-hydroxylation sites is 2. The molecule has 4 heteroatoms. The summed E-state index contributed by atoms with van der Waals surface area (Å²) in [6.07, 6.45) is 5.50. The third-order valence-corrected chi connectivity index (χ3v) is 3.69. The van der Waals surface area contributed by atoms with Crippen molar-refractivity contribution in [2.75, 3.05) is 19.8 Å². The first kappa shape index (κ1) is 13.7. The van der Waals surface area contributed by atoms with Gasteiger partial charge in [-0.15, -0.1) is 0 Å². The summed E-state index contributed by atoms with van der Waals surface area (Å²) < 4.78 is 23.0. The van der Waals surface area contributed by atoms with Crippen LogP contribution in [-0.2, 0) is 9.47 Å². The van der Waals surface area contributed by atoms with E-state index in [0.717, 1.165) is 56.8 Å². The summed E-state index contributed by atoms with van der Waals surface area (Å²) in [5.41, 5.74) is 0. The van der Waals surface area contributed by atoms with E-state index in [-0.39, 0.29) is 12.4 Å². The first-order valence-electron chi connectivity index (χ1n) is 7.53. The van der Waals surface area contributed by atoms with Gasteiger partial charge in [-0.1, -0.05) is 12.1 Å². The number of ether oxygens (including phenoxy) is 4. The molecule has 0 aliphatic carbocycles. The maximum absolute atomic E-state index is 5.91. The molecule has 2 fully saturated rings. The molecule has 0 radical (unpaired) electrons. The van der Waals surface area contributed by atoms with Gasteiger partial charge in [-0.25, -0.2) is 0 Å². The third-order valence-electron chi connectivity index (χ3n) is 3.69. The minimum atomic E-state index is -0.142. The normalized spacial score (nSPS) is 26.4. The van der Waals surface area contributed by atoms with E-state index in [4.69, 9.17) is 18.9 Å². The summed E-state index contributed by atoms with van der Waals surface area (Å²) >= 11 is 0. The molecule has 0 bridgehead atoms. The molecule has 2 atom stereocenters. The van der Waals surface area contributed by atoms with Crippen LogP contribution < -0.4 is 9.47 Å². The monoisotopic (exact) mass is 278 g/mol. The minimum Gasteiger partial charge on any atom is -0.487 e. The topological polar surface area (TPSA) is 36.9 Å². The Morgan fingerprint density at radius 3 is 2.55 bits per heavy atom. The fourth-order valence-electron chi connectivity index (χ4n) is 2.57. The molecule has 2 saturated heterocycles. The van der Waals surface area contributed by atoms with E-state index in [0.29, 0.717) is 6.61 Å². The van der Waals surface area contributed by atoms with Crippen molar-refractivity contribution in [3.63, 3.8) is 0 Å². The van der Waals surface area contributed by atoms with Gasteiger partial charge in [0.15, 0.2) is 17.8 Å². The summed E-state index contributed by atoms with van der Waals surface area (Å²) in [6.45, 7) is 2.22. The second-order valence-corrected chi connectivity index (χ2v) is 5.31. The van der Waals surface area contributed by atoms with Crippen LogP contribution in [0.3, 0.4) is 0 Å². The predicted octanol–water partition coefficient (Wildman–Crippen LogP) is 3.15. The summed E-state index contributed by atoms with van der Waals surface area (Å²) in [5, 5.41) is 0. The summed E-state index contributed by atoms with van der Waals surface area (Å²) in [7, 11) is 0. The van der Waals surface area contributed by atoms with Crippen molar-refractivity contribution in [2.45, 2.75) is 44.5 Å². The van der Waals surface area contributed by atoms with Gasteiger partial charge in [0.1, 0.15) is 6.61 Å². The zero-order chi connectivity index (χ0) is 13.6. The van der Waals surface area contributed by atoms with Crippen molar-refractivity contribution in [3.05, 3.63) is 24.3 Å². The van der Waals surface area contributed by atoms with E-state index >= 15 is 0 Å². The molecule has 110 valence electrons. The molecule has 4 nitrogen and oxygen atoms in total. The average molecular weight is 278 g/mol. The fraction of sp³-hybridized carbons (Fsp3) is 0.625. The Balaban J connectivity index is 1.58. The molecule has 0 saturated carbocycles. The van der Waals surface area contributed by atoms with Gasteiger partial charge in [0.05, 0.1) is 12.7 Å². The van der Waals surface area contributed by atoms with Crippen LogP contribution in [0, 0.1) is 0 Å². The highest BCUT2D eigenvalue weighted by atomic mass is 16.7. The van der Waals surface area contributed by atoms with Crippen molar-refractivity contribution in [2.24, 2.45) is 0 Å². The Hall–Kier alpha value is -1.26. The Morgan fingerprint density at radius 2 is 1.80 bits per heavy atom. The Bertz CT molecular complexity index is 409. The van der Waals surface area contributed by atoms with Gasteiger partial charge in [0.25, 0.3) is 0 Å². The molecule has 3 rings (SSSR count). The second kappa shape index (κ2) is 6.95. The Labute approximate surface area is 120 Å². The van der Waals surface area contributed by atoms with Gasteiger partial charge in [0, 0.05) is 13.0 Å². The second-order valence-electron chi connectivity index (χ2n) is 5.31. The SMILES string of the molecule is c1ccc(OC2CCCCO2)c(OCC2CCCO2)c1. The lowest BCUT2D eigenvalue weighted by Crippen LogP contribution is -2.25. The summed E-state index contributed by atoms with van der Waals surface area (Å²) in [6, 6.07) is 7.78. The van der Waals surface area contributed by atoms with E-state index in [1.54, 1.807) is 0 Å². The van der Waals surface area contributed by atoms with Crippen LogP contribution >= 0.6 is 0 Å². The molecule has 1 aromatic rings. The summed E-state index contributed by atoms with van der Waals surface area (Å²) in [5.74, 6) is 1.54. The molecule has 20 heavy (non-hydrogen) atoms. The van der Waals surface area contributed by atoms with Gasteiger partial charge < -0.3 is 18.9 Å². The third kappa shape index (κ3) is 3.64. The van der Waals surface area contributed by atoms with Crippen molar-refractivity contribution in [3.8, 4) is 11.5 Å². The highest BCUT2D eigenvalue weighted by molar-refractivity contribution is 5.39. The molecule has 1 aromatic carbocycles. The van der Waals surface area contributed by atoms with Crippen molar-refractivity contribution in [1.29, 1.82) is 0 Å². The molecule has 0 amide bonds. The van der Waals surface area contributed by atoms with E-state index < -0.39 is 0 Å². The highest BCUT2D eigenvalue weighted by Crippen LogP contribution is 2.30. The number of hydrogen-bond acceptors (Lipinski definition) is 4. The maximum Gasteiger partial charge on any atom is 0.200 e. The molecular formula is C16H22O4. The van der Waals surface area contributed by atoms with Crippen LogP contribution in [0.4, 0.5) is 0 Å². The van der Waals surface area contributed by atoms with E-state index in [9.17, 15) is 0 Å². The molecule has 2 aliphatic heterocycles. The van der Waals surface area contributed by atoms with E-state index in [2.05, 4.69) is 0 Å². The molecular weight excluding hydrogens is 256 g/mol. The van der Waals surface area contributed by atoms with Crippen LogP contribution in [0.2, 0.25) is 0 Å². The van der Waals surface area contributed by atoms with Crippen LogP contribution in [0.5, 0.6) is 11.5 Å².